The third-order valence-electron chi connectivity index (χ3n) is 1.69. The molecule has 0 atom stereocenters. The zero-order valence-corrected chi connectivity index (χ0v) is 8.27. The van der Waals surface area contributed by atoms with Gasteiger partial charge in [-0.2, -0.15) is 0 Å². The van der Waals surface area contributed by atoms with Crippen molar-refractivity contribution in [1.29, 1.82) is 0 Å². The Bertz CT molecular complexity index is 382. The van der Waals surface area contributed by atoms with Gasteiger partial charge in [0.05, 0.1) is 6.61 Å². The summed E-state index contributed by atoms with van der Waals surface area (Å²) in [5.74, 6) is -0.992. The fraction of sp³-hybridized carbons (Fsp3) is 0.182. The largest absolute Gasteiger partial charge is 0.870 e. The van der Waals surface area contributed by atoms with Crippen LogP contribution in [0.4, 0.5) is 0 Å². The zero-order chi connectivity index (χ0) is 11.3. The Hall–Kier alpha value is -1.97. The summed E-state index contributed by atoms with van der Waals surface area (Å²) in [5.41, 5.74) is 0.625. The number of benzene rings is 1. The van der Waals surface area contributed by atoms with Gasteiger partial charge in [-0.25, -0.2) is 4.79 Å². The van der Waals surface area contributed by atoms with Crippen molar-refractivity contribution in [2.24, 2.45) is 0 Å². The van der Waals surface area contributed by atoms with Crippen LogP contribution in [0.1, 0.15) is 12.5 Å². The lowest BCUT2D eigenvalue weighted by Gasteiger charge is -2.13. The molecule has 0 aliphatic rings. The lowest BCUT2D eigenvalue weighted by molar-refractivity contribution is -0.270. The molecular weight excluding hydrogens is 196 g/mol. The molecule has 0 unspecified atom stereocenters. The van der Waals surface area contributed by atoms with E-state index in [4.69, 9.17) is 9.84 Å². The van der Waals surface area contributed by atoms with Crippen molar-refractivity contribution in [3.05, 3.63) is 29.8 Å². The van der Waals surface area contributed by atoms with Gasteiger partial charge >= 0.3 is 5.97 Å². The highest BCUT2D eigenvalue weighted by Crippen LogP contribution is 2.24. The first-order chi connectivity index (χ1) is 7.13. The van der Waals surface area contributed by atoms with Crippen molar-refractivity contribution in [2.45, 2.75) is 6.92 Å². The fourth-order valence-corrected chi connectivity index (χ4v) is 1.06. The van der Waals surface area contributed by atoms with Gasteiger partial charge < -0.3 is 14.9 Å². The van der Waals surface area contributed by atoms with Crippen LogP contribution in [0.15, 0.2) is 24.3 Å². The molecule has 1 aromatic rings. The molecule has 4 nitrogen and oxygen atoms in total. The molecule has 0 aromatic heterocycles. The summed E-state index contributed by atoms with van der Waals surface area (Å²) >= 11 is 0. The molecule has 0 aliphatic heterocycles. The number of carboxylic acid groups (broad SMARTS) is 1. The molecule has 0 heterocycles. The van der Waals surface area contributed by atoms with Crippen molar-refractivity contribution in [2.75, 3.05) is 6.61 Å². The minimum absolute atomic E-state index is 0.204. The molecule has 1 rings (SSSR count). The molecule has 0 saturated heterocycles. The van der Waals surface area contributed by atoms with E-state index in [0.29, 0.717) is 12.2 Å². The van der Waals surface area contributed by atoms with Gasteiger partial charge in [0.15, 0.2) is 0 Å². The first kappa shape index (κ1) is 11.1. The molecule has 1 aromatic carbocycles. The molecular formula is C11H11O4-. The third kappa shape index (κ3) is 3.34. The van der Waals surface area contributed by atoms with Crippen LogP contribution >= 0.6 is 0 Å². The quantitative estimate of drug-likeness (QED) is 0.754. The number of aliphatic carboxylic acids is 1. The first-order valence-corrected chi connectivity index (χ1v) is 4.48. The summed E-state index contributed by atoms with van der Waals surface area (Å²) in [5, 5.41) is 19.7. The highest BCUT2D eigenvalue weighted by atomic mass is 16.5. The van der Waals surface area contributed by atoms with Crippen LogP contribution in [-0.4, -0.2) is 17.7 Å². The Kier molecular flexibility index (Phi) is 3.74. The second kappa shape index (κ2) is 5.05. The average molecular weight is 207 g/mol. The van der Waals surface area contributed by atoms with E-state index < -0.39 is 5.97 Å². The van der Waals surface area contributed by atoms with Crippen molar-refractivity contribution in [1.82, 2.24) is 0 Å². The number of rotatable bonds is 4. The van der Waals surface area contributed by atoms with E-state index in [2.05, 4.69) is 0 Å². The van der Waals surface area contributed by atoms with Crippen LogP contribution in [0.25, 0.3) is 6.08 Å². The minimum atomic E-state index is -1.03. The lowest BCUT2D eigenvalue weighted by atomic mass is 10.2. The second-order valence-electron chi connectivity index (χ2n) is 2.81. The number of hydrogen-bond donors (Lipinski definition) is 1. The minimum Gasteiger partial charge on any atom is -0.870 e. The Morgan fingerprint density at radius 3 is 2.93 bits per heavy atom. The second-order valence-corrected chi connectivity index (χ2v) is 2.81. The summed E-state index contributed by atoms with van der Waals surface area (Å²) in [6, 6.07) is 4.42. The summed E-state index contributed by atoms with van der Waals surface area (Å²) in [6.07, 6.45) is 2.42. The van der Waals surface area contributed by atoms with Gasteiger partial charge in [0.1, 0.15) is 5.75 Å². The van der Waals surface area contributed by atoms with Gasteiger partial charge in [0.2, 0.25) is 0 Å². The van der Waals surface area contributed by atoms with Gasteiger partial charge in [0.25, 0.3) is 0 Å². The van der Waals surface area contributed by atoms with Gasteiger partial charge in [0, 0.05) is 6.08 Å². The van der Waals surface area contributed by atoms with E-state index >= 15 is 0 Å². The van der Waals surface area contributed by atoms with Crippen LogP contribution in [0, 0.1) is 0 Å². The summed E-state index contributed by atoms with van der Waals surface area (Å²) in [6.45, 7) is 2.18. The van der Waals surface area contributed by atoms with Gasteiger partial charge in [-0.15, -0.1) is 0 Å². The van der Waals surface area contributed by atoms with Crippen molar-refractivity contribution >= 4 is 12.0 Å². The molecule has 0 bridgehead atoms. The first-order valence-electron chi connectivity index (χ1n) is 4.48. The molecule has 80 valence electrons. The Morgan fingerprint density at radius 1 is 1.60 bits per heavy atom. The van der Waals surface area contributed by atoms with E-state index in [0.717, 1.165) is 6.08 Å². The Labute approximate surface area is 87.4 Å². The fourth-order valence-electron chi connectivity index (χ4n) is 1.06. The zero-order valence-electron chi connectivity index (χ0n) is 8.27. The van der Waals surface area contributed by atoms with E-state index in [1.165, 1.54) is 18.2 Å². The molecule has 0 amide bonds. The third-order valence-corrected chi connectivity index (χ3v) is 1.69. The maximum absolute atomic E-state index is 11.2. The molecule has 1 N–H and O–H groups in total. The predicted octanol–water partition coefficient (Wildman–Crippen LogP) is 1.26. The highest BCUT2D eigenvalue weighted by molar-refractivity contribution is 5.85. The predicted molar refractivity (Wildman–Crippen MR) is 53.7 cm³/mol. The van der Waals surface area contributed by atoms with E-state index in [1.807, 2.05) is 0 Å². The average Bonchev–Trinajstić information content (AvgIpc) is 2.19. The van der Waals surface area contributed by atoms with Crippen LogP contribution in [0.5, 0.6) is 11.5 Å². The van der Waals surface area contributed by atoms with Crippen LogP contribution in [0.2, 0.25) is 0 Å². The summed E-state index contributed by atoms with van der Waals surface area (Å²) in [4.78, 5) is 10.3. The number of carbonyl (C=O) groups is 1. The molecule has 4 heteroatoms. The van der Waals surface area contributed by atoms with Crippen molar-refractivity contribution in [3.63, 3.8) is 0 Å². The summed E-state index contributed by atoms with van der Waals surface area (Å²) < 4.78 is 5.09. The van der Waals surface area contributed by atoms with Crippen molar-refractivity contribution < 1.29 is 19.7 Å². The molecule has 15 heavy (non-hydrogen) atoms. The van der Waals surface area contributed by atoms with Gasteiger partial charge in [-0.1, -0.05) is 17.9 Å². The maximum atomic E-state index is 11.2. The SMILES string of the molecule is CCOc1cc(/C=C/C(=O)O)ccc1[O-]. The number of ether oxygens (including phenoxy) is 1. The van der Waals surface area contributed by atoms with Gasteiger partial charge in [-0.3, -0.25) is 0 Å². The number of hydrogen-bond acceptors (Lipinski definition) is 3. The molecule has 0 aliphatic carbocycles. The van der Waals surface area contributed by atoms with Crippen LogP contribution in [0.3, 0.4) is 0 Å². The standard InChI is InChI=1S/C11H12O4/c1-2-15-10-7-8(3-5-9(10)12)4-6-11(13)14/h3-7,12H,2H2,1H3,(H,13,14)/p-1/b6-4+. The summed E-state index contributed by atoms with van der Waals surface area (Å²) in [7, 11) is 0. The topological polar surface area (TPSA) is 69.6 Å². The monoisotopic (exact) mass is 207 g/mol. The van der Waals surface area contributed by atoms with E-state index in [-0.39, 0.29) is 11.5 Å². The highest BCUT2D eigenvalue weighted by Gasteiger charge is 1.96. The Balaban J connectivity index is 2.91. The van der Waals surface area contributed by atoms with Gasteiger partial charge in [-0.05, 0) is 24.6 Å². The Morgan fingerprint density at radius 2 is 2.33 bits per heavy atom. The van der Waals surface area contributed by atoms with Crippen LogP contribution < -0.4 is 9.84 Å². The van der Waals surface area contributed by atoms with Crippen molar-refractivity contribution in [3.8, 4) is 11.5 Å². The normalized spacial score (nSPS) is 10.5. The van der Waals surface area contributed by atoms with E-state index in [1.54, 1.807) is 13.0 Å². The molecule has 0 spiro atoms. The smallest absolute Gasteiger partial charge is 0.328 e. The maximum Gasteiger partial charge on any atom is 0.328 e. The number of carboxylic acids is 1. The molecule has 0 radical (unpaired) electrons. The molecule has 0 saturated carbocycles. The molecule has 0 fully saturated rings. The lowest BCUT2D eigenvalue weighted by Crippen LogP contribution is -1.98. The van der Waals surface area contributed by atoms with E-state index in [9.17, 15) is 9.90 Å². The van der Waals surface area contributed by atoms with Crippen LogP contribution in [-0.2, 0) is 4.79 Å².